The van der Waals surface area contributed by atoms with Gasteiger partial charge in [0.25, 0.3) is 5.91 Å². The molecule has 0 aliphatic heterocycles. The number of aliphatic imine (C=N–C) groups is 1. The van der Waals surface area contributed by atoms with E-state index >= 15 is 0 Å². The van der Waals surface area contributed by atoms with Crippen molar-refractivity contribution in [2.24, 2.45) is 22.4 Å². The molecule has 0 aliphatic carbocycles. The number of aliphatic carboxylic acids is 2. The Hall–Kier alpha value is -4.07. The Labute approximate surface area is 198 Å². The lowest BCUT2D eigenvalue weighted by Gasteiger charge is -2.34. The molecule has 2 amide bonds. The molecule has 0 aliphatic rings. The highest BCUT2D eigenvalue weighted by atomic mass is 16.4. The van der Waals surface area contributed by atoms with Crippen LogP contribution in [0, 0.1) is 17.8 Å². The molecule has 7 N–H and O–H groups in total. The van der Waals surface area contributed by atoms with Crippen LogP contribution >= 0.6 is 0 Å². The monoisotopic (exact) mass is 473 g/mol. The first-order valence-corrected chi connectivity index (χ1v) is 10.6. The second-order valence-corrected chi connectivity index (χ2v) is 7.82. The Morgan fingerprint density at radius 3 is 2.32 bits per heavy atom. The molecule has 0 fully saturated rings. The van der Waals surface area contributed by atoms with Gasteiger partial charge in [0.1, 0.15) is 12.1 Å². The number of hydrogen-bond donors (Lipinski definition) is 5. The topological polar surface area (TPSA) is 188 Å². The van der Waals surface area contributed by atoms with Crippen LogP contribution < -0.4 is 21.7 Å². The van der Waals surface area contributed by atoms with Gasteiger partial charge in [-0.2, -0.15) is 0 Å². The minimum Gasteiger partial charge on any atom is -0.481 e. The summed E-state index contributed by atoms with van der Waals surface area (Å²) in [5.74, 6) is 1.25. The lowest BCUT2D eigenvalue weighted by Crippen LogP contribution is -2.56. The summed E-state index contributed by atoms with van der Waals surface area (Å²) < 4.78 is 0. The van der Waals surface area contributed by atoms with Gasteiger partial charge >= 0.3 is 11.9 Å². The molecule has 0 bridgehead atoms. The van der Waals surface area contributed by atoms with E-state index in [1.54, 1.807) is 32.0 Å². The summed E-state index contributed by atoms with van der Waals surface area (Å²) in [6.45, 7) is 4.79. The number of anilines is 1. The van der Waals surface area contributed by atoms with Gasteiger partial charge < -0.3 is 27.0 Å². The number of nitrogens with two attached hydrogens (primary N) is 2. The number of nitrogens with one attached hydrogen (secondary N) is 1. The highest BCUT2D eigenvalue weighted by molar-refractivity contribution is 6.05. The number of para-hydroxylation sites is 1. The average Bonchev–Trinajstić information content (AvgIpc) is 2.72. The lowest BCUT2D eigenvalue weighted by atomic mass is 9.98. The molecule has 2 atom stereocenters. The van der Waals surface area contributed by atoms with Crippen LogP contribution in [0.4, 0.5) is 5.69 Å². The summed E-state index contributed by atoms with van der Waals surface area (Å²) in [6.07, 6.45) is 0.319. The molecule has 11 heteroatoms. The Kier molecular flexibility index (Phi) is 11.1. The largest absolute Gasteiger partial charge is 0.481 e. The van der Waals surface area contributed by atoms with Crippen molar-refractivity contribution in [2.75, 3.05) is 11.4 Å². The number of carboxylic acid groups (broad SMARTS) is 2. The molecule has 0 unspecified atom stereocenters. The fourth-order valence-corrected chi connectivity index (χ4v) is 3.21. The van der Waals surface area contributed by atoms with Crippen LogP contribution in [-0.4, -0.2) is 58.6 Å². The van der Waals surface area contributed by atoms with Gasteiger partial charge in [-0.25, -0.2) is 4.79 Å². The van der Waals surface area contributed by atoms with Crippen molar-refractivity contribution in [3.05, 3.63) is 29.8 Å². The normalized spacial score (nSPS) is 12.0. The molecule has 1 aromatic carbocycles. The van der Waals surface area contributed by atoms with Crippen molar-refractivity contribution in [2.45, 2.75) is 52.1 Å². The smallest absolute Gasteiger partial charge is 0.327 e. The van der Waals surface area contributed by atoms with Crippen LogP contribution in [-0.2, 0) is 19.2 Å². The van der Waals surface area contributed by atoms with Crippen LogP contribution in [0.25, 0.3) is 0 Å². The summed E-state index contributed by atoms with van der Waals surface area (Å²) in [4.78, 5) is 53.5. The van der Waals surface area contributed by atoms with E-state index in [1.807, 2.05) is 0 Å². The fraction of sp³-hybridized carbons (Fsp3) is 0.435. The average molecular weight is 474 g/mol. The number of unbranched alkanes of at least 4 members (excludes halogenated alkanes) is 1. The summed E-state index contributed by atoms with van der Waals surface area (Å²) in [6, 6.07) is 3.67. The number of amides is 2. The second-order valence-electron chi connectivity index (χ2n) is 7.82. The molecular formula is C23H31N5O6. The third kappa shape index (κ3) is 8.82. The fourth-order valence-electron chi connectivity index (χ4n) is 3.21. The first-order chi connectivity index (χ1) is 16.0. The molecule has 34 heavy (non-hydrogen) atoms. The van der Waals surface area contributed by atoms with E-state index in [1.165, 1.54) is 6.07 Å². The van der Waals surface area contributed by atoms with E-state index in [0.717, 1.165) is 11.8 Å². The molecule has 0 saturated heterocycles. The third-order valence-corrected chi connectivity index (χ3v) is 4.60. The number of hydrogen-bond acceptors (Lipinski definition) is 5. The minimum atomic E-state index is -1.46. The van der Waals surface area contributed by atoms with Crippen LogP contribution in [0.2, 0.25) is 0 Å². The molecule has 0 heterocycles. The zero-order valence-corrected chi connectivity index (χ0v) is 19.4. The molecule has 1 rings (SSSR count). The predicted octanol–water partition coefficient (Wildman–Crippen LogP) is 0.513. The van der Waals surface area contributed by atoms with Crippen molar-refractivity contribution in [1.29, 1.82) is 0 Å². The molecule has 0 aromatic heterocycles. The molecule has 0 spiro atoms. The molecule has 184 valence electrons. The summed E-state index contributed by atoms with van der Waals surface area (Å²) >= 11 is 0. The Balaban J connectivity index is 3.48. The number of guanidine groups is 1. The number of nitrogens with zero attached hydrogens (tertiary/aromatic N) is 2. The molecule has 0 saturated carbocycles. The van der Waals surface area contributed by atoms with Crippen molar-refractivity contribution in [3.63, 3.8) is 0 Å². The molecule has 11 nitrogen and oxygen atoms in total. The third-order valence-electron chi connectivity index (χ3n) is 4.60. The van der Waals surface area contributed by atoms with Crippen molar-refractivity contribution < 1.29 is 29.4 Å². The van der Waals surface area contributed by atoms with Crippen LogP contribution in [0.3, 0.4) is 0 Å². The first-order valence-electron chi connectivity index (χ1n) is 10.6. The van der Waals surface area contributed by atoms with Gasteiger partial charge in [0.05, 0.1) is 12.1 Å². The van der Waals surface area contributed by atoms with Gasteiger partial charge in [-0.05, 0) is 24.5 Å². The predicted molar refractivity (Wildman–Crippen MR) is 127 cm³/mol. The second kappa shape index (κ2) is 13.5. The number of carbonyl (C=O) groups is 4. The molecule has 1 aromatic rings. The van der Waals surface area contributed by atoms with Crippen LogP contribution in [0.1, 0.15) is 45.6 Å². The standard InChI is InChI=1S/C23H31N5O6/c1-14(2)20(22(33)34)28(21(32)17(13-19(30)31)27-15(3)29)18-11-7-6-10-16(18)9-5-4-8-12-26-23(24)25/h6-7,10-11,14,17,20H,4,8,12-13H2,1-3H3,(H,27,29)(H,30,31)(H,33,34)(H4,24,25,26)/t17-,20-/m0/s1. The maximum atomic E-state index is 13.5. The lowest BCUT2D eigenvalue weighted by molar-refractivity contribution is -0.142. The zero-order chi connectivity index (χ0) is 25.8. The maximum Gasteiger partial charge on any atom is 0.327 e. The van der Waals surface area contributed by atoms with Crippen molar-refractivity contribution in [1.82, 2.24) is 5.32 Å². The van der Waals surface area contributed by atoms with Crippen molar-refractivity contribution >= 4 is 35.4 Å². The molecule has 0 radical (unpaired) electrons. The number of carboxylic acids is 2. The van der Waals surface area contributed by atoms with E-state index in [9.17, 15) is 29.4 Å². The first kappa shape index (κ1) is 28.0. The SMILES string of the molecule is CC(=O)N[C@@H](CC(=O)O)C(=O)N(c1ccccc1C#CCCCN=C(N)N)[C@H](C(=O)O)C(C)C. The quantitative estimate of drug-likeness (QED) is 0.133. The van der Waals surface area contributed by atoms with E-state index in [0.29, 0.717) is 24.9 Å². The van der Waals surface area contributed by atoms with Crippen LogP contribution in [0.5, 0.6) is 0 Å². The minimum absolute atomic E-state index is 0.0176. The Bertz CT molecular complexity index is 975. The van der Waals surface area contributed by atoms with E-state index < -0.39 is 48.2 Å². The van der Waals surface area contributed by atoms with Gasteiger partial charge in [-0.3, -0.25) is 24.3 Å². The summed E-state index contributed by atoms with van der Waals surface area (Å²) in [5.41, 5.74) is 11.1. The van der Waals surface area contributed by atoms with Gasteiger partial charge in [0.15, 0.2) is 5.96 Å². The Morgan fingerprint density at radius 1 is 1.15 bits per heavy atom. The number of benzene rings is 1. The summed E-state index contributed by atoms with van der Waals surface area (Å²) in [5, 5.41) is 21.5. The number of carbonyl (C=O) groups excluding carboxylic acids is 2. The number of rotatable bonds is 11. The van der Waals surface area contributed by atoms with Gasteiger partial charge in [-0.1, -0.05) is 37.8 Å². The van der Waals surface area contributed by atoms with E-state index in [4.69, 9.17) is 11.5 Å². The van der Waals surface area contributed by atoms with Crippen LogP contribution in [0.15, 0.2) is 29.3 Å². The molecular weight excluding hydrogens is 442 g/mol. The highest BCUT2D eigenvalue weighted by Gasteiger charge is 2.38. The Morgan fingerprint density at radius 2 is 1.79 bits per heavy atom. The van der Waals surface area contributed by atoms with Gasteiger partial charge in [0, 0.05) is 25.5 Å². The summed E-state index contributed by atoms with van der Waals surface area (Å²) in [7, 11) is 0. The van der Waals surface area contributed by atoms with E-state index in [-0.39, 0.29) is 11.6 Å². The zero-order valence-electron chi connectivity index (χ0n) is 19.4. The van der Waals surface area contributed by atoms with Crippen molar-refractivity contribution in [3.8, 4) is 11.8 Å². The maximum absolute atomic E-state index is 13.5. The van der Waals surface area contributed by atoms with E-state index in [2.05, 4.69) is 22.2 Å². The highest BCUT2D eigenvalue weighted by Crippen LogP contribution is 2.27. The van der Waals surface area contributed by atoms with Gasteiger partial charge in [0.2, 0.25) is 5.91 Å². The van der Waals surface area contributed by atoms with Gasteiger partial charge in [-0.15, -0.1) is 0 Å².